The first-order valence-electron chi connectivity index (χ1n) is 6.40. The molecule has 1 unspecified atom stereocenters. The number of amides is 1. The number of alkyl halides is 3. The molecule has 1 saturated heterocycles. The van der Waals surface area contributed by atoms with E-state index in [0.717, 1.165) is 11.3 Å². The van der Waals surface area contributed by atoms with Gasteiger partial charge in [-0.2, -0.15) is 13.2 Å². The molecule has 3 rings (SSSR count). The van der Waals surface area contributed by atoms with E-state index in [2.05, 4.69) is 12.0 Å². The highest BCUT2D eigenvalue weighted by Crippen LogP contribution is 2.43. The Labute approximate surface area is 137 Å². The van der Waals surface area contributed by atoms with E-state index >= 15 is 0 Å². The van der Waals surface area contributed by atoms with E-state index in [9.17, 15) is 23.1 Å². The van der Waals surface area contributed by atoms with Crippen molar-refractivity contribution in [2.45, 2.75) is 18.3 Å². The molecule has 2 heterocycles. The van der Waals surface area contributed by atoms with Gasteiger partial charge in [-0.3, -0.25) is 10.2 Å². The van der Waals surface area contributed by atoms with Crippen molar-refractivity contribution in [2.75, 3.05) is 0 Å². The molecule has 122 valence electrons. The standard InChI is InChI=1S/C14H10ClF3N2O2S/c1-7-6-13(22,14(16,17)18)20(19-7)12(21)11-10(15)8-4-2-3-5-9(8)23-11/h2-5,19,22H,1,6H2. The van der Waals surface area contributed by atoms with E-state index in [-0.39, 0.29) is 20.6 Å². The molecule has 1 aromatic heterocycles. The van der Waals surface area contributed by atoms with Crippen molar-refractivity contribution in [1.29, 1.82) is 0 Å². The minimum atomic E-state index is -5.04. The molecule has 9 heteroatoms. The highest BCUT2D eigenvalue weighted by atomic mass is 35.5. The number of fused-ring (bicyclic) bond motifs is 1. The average molecular weight is 363 g/mol. The smallest absolute Gasteiger partial charge is 0.362 e. The van der Waals surface area contributed by atoms with Crippen LogP contribution in [0.2, 0.25) is 5.02 Å². The normalized spacial score (nSPS) is 21.8. The van der Waals surface area contributed by atoms with Crippen LogP contribution in [0.1, 0.15) is 16.1 Å². The van der Waals surface area contributed by atoms with Crippen molar-refractivity contribution < 1.29 is 23.1 Å². The van der Waals surface area contributed by atoms with Crippen LogP contribution < -0.4 is 5.43 Å². The molecule has 1 atom stereocenters. The maximum atomic E-state index is 13.2. The van der Waals surface area contributed by atoms with Crippen LogP contribution in [0.25, 0.3) is 10.1 Å². The molecule has 1 amide bonds. The van der Waals surface area contributed by atoms with E-state index in [1.54, 1.807) is 24.3 Å². The van der Waals surface area contributed by atoms with Gasteiger partial charge in [0, 0.05) is 22.2 Å². The number of nitrogens with one attached hydrogen (secondary N) is 1. The molecule has 0 aliphatic carbocycles. The number of hydrazine groups is 1. The number of aliphatic hydroxyl groups is 1. The Morgan fingerprint density at radius 1 is 1.43 bits per heavy atom. The zero-order valence-electron chi connectivity index (χ0n) is 11.4. The molecule has 2 aromatic rings. The van der Waals surface area contributed by atoms with E-state index in [0.29, 0.717) is 10.1 Å². The van der Waals surface area contributed by atoms with Crippen LogP contribution in [-0.4, -0.2) is 27.9 Å². The summed E-state index contributed by atoms with van der Waals surface area (Å²) in [6.07, 6.45) is -5.89. The van der Waals surface area contributed by atoms with E-state index in [4.69, 9.17) is 11.6 Å². The predicted molar refractivity (Wildman–Crippen MR) is 80.9 cm³/mol. The quantitative estimate of drug-likeness (QED) is 0.814. The number of carbonyl (C=O) groups is 1. The molecule has 0 saturated carbocycles. The summed E-state index contributed by atoms with van der Waals surface area (Å²) >= 11 is 7.08. The van der Waals surface area contributed by atoms with E-state index < -0.39 is 24.2 Å². The minimum Gasteiger partial charge on any atom is -0.362 e. The molecule has 23 heavy (non-hydrogen) atoms. The SMILES string of the molecule is C=C1CC(O)(C(F)(F)F)N(C(=O)c2sc3ccccc3c2Cl)N1. The lowest BCUT2D eigenvalue weighted by Crippen LogP contribution is -2.59. The fourth-order valence-electron chi connectivity index (χ4n) is 2.37. The van der Waals surface area contributed by atoms with Crippen LogP contribution >= 0.6 is 22.9 Å². The van der Waals surface area contributed by atoms with Crippen molar-refractivity contribution >= 4 is 38.9 Å². The summed E-state index contributed by atoms with van der Waals surface area (Å²) in [5.41, 5.74) is -1.29. The van der Waals surface area contributed by atoms with Gasteiger partial charge in [0.25, 0.3) is 11.6 Å². The minimum absolute atomic E-state index is 0.0550. The van der Waals surface area contributed by atoms with Gasteiger partial charge in [0.05, 0.1) is 5.02 Å². The van der Waals surface area contributed by atoms with Gasteiger partial charge in [-0.25, -0.2) is 5.01 Å². The second-order valence-electron chi connectivity index (χ2n) is 5.09. The van der Waals surface area contributed by atoms with Crippen LogP contribution in [0.15, 0.2) is 36.5 Å². The third-order valence-electron chi connectivity index (χ3n) is 3.49. The number of hydrogen-bond acceptors (Lipinski definition) is 4. The Morgan fingerprint density at radius 2 is 2.09 bits per heavy atom. The molecule has 4 nitrogen and oxygen atoms in total. The number of thiophene rings is 1. The lowest BCUT2D eigenvalue weighted by molar-refractivity contribution is -0.299. The molecule has 0 bridgehead atoms. The first-order chi connectivity index (χ1) is 10.6. The van der Waals surface area contributed by atoms with Crippen molar-refractivity contribution in [3.63, 3.8) is 0 Å². The number of rotatable bonds is 1. The van der Waals surface area contributed by atoms with Gasteiger partial charge in [-0.15, -0.1) is 11.3 Å². The summed E-state index contributed by atoms with van der Waals surface area (Å²) in [7, 11) is 0. The van der Waals surface area contributed by atoms with Gasteiger partial charge in [0.15, 0.2) is 0 Å². The number of hydrogen-bond donors (Lipinski definition) is 2. The second-order valence-corrected chi connectivity index (χ2v) is 6.52. The third-order valence-corrected chi connectivity index (χ3v) is 5.15. The molecule has 0 radical (unpaired) electrons. The highest BCUT2D eigenvalue weighted by Gasteiger charge is 2.63. The first-order valence-corrected chi connectivity index (χ1v) is 7.60. The Balaban J connectivity index is 2.08. The van der Waals surface area contributed by atoms with Crippen LogP contribution in [0.5, 0.6) is 0 Å². The number of nitrogens with zero attached hydrogens (tertiary/aromatic N) is 1. The predicted octanol–water partition coefficient (Wildman–Crippen LogP) is 3.67. The number of halogens is 4. The molecule has 1 fully saturated rings. The molecule has 1 aliphatic rings. The van der Waals surface area contributed by atoms with Crippen LogP contribution in [0, 0.1) is 0 Å². The van der Waals surface area contributed by atoms with Gasteiger partial charge in [0.1, 0.15) is 4.88 Å². The van der Waals surface area contributed by atoms with Crippen molar-refractivity contribution in [3.8, 4) is 0 Å². The maximum absolute atomic E-state index is 13.2. The molecular formula is C14H10ClF3N2O2S. The molecule has 2 N–H and O–H groups in total. The Morgan fingerprint density at radius 3 is 2.70 bits per heavy atom. The largest absolute Gasteiger partial charge is 0.438 e. The topological polar surface area (TPSA) is 52.6 Å². The molecular weight excluding hydrogens is 353 g/mol. The summed E-state index contributed by atoms with van der Waals surface area (Å²) in [5.74, 6) is -1.06. The maximum Gasteiger partial charge on any atom is 0.438 e. The highest BCUT2D eigenvalue weighted by molar-refractivity contribution is 7.21. The Bertz CT molecular complexity index is 820. The monoisotopic (exact) mass is 362 g/mol. The van der Waals surface area contributed by atoms with Gasteiger partial charge >= 0.3 is 6.18 Å². The first kappa shape index (κ1) is 16.1. The van der Waals surface area contributed by atoms with Crippen molar-refractivity contribution in [3.05, 3.63) is 46.4 Å². The molecule has 1 aromatic carbocycles. The van der Waals surface area contributed by atoms with Crippen molar-refractivity contribution in [1.82, 2.24) is 10.4 Å². The summed E-state index contributed by atoms with van der Waals surface area (Å²) in [5, 5.41) is 10.7. The van der Waals surface area contributed by atoms with E-state index in [1.807, 2.05) is 0 Å². The summed E-state index contributed by atoms with van der Waals surface area (Å²) < 4.78 is 40.2. The number of carbonyl (C=O) groups excluding carboxylic acids is 1. The van der Waals surface area contributed by atoms with Crippen LogP contribution in [-0.2, 0) is 0 Å². The Kier molecular flexibility index (Phi) is 3.58. The summed E-state index contributed by atoms with van der Waals surface area (Å²) in [4.78, 5) is 12.4. The molecule has 0 spiro atoms. The lowest BCUT2D eigenvalue weighted by atomic mass is 10.1. The lowest BCUT2D eigenvalue weighted by Gasteiger charge is -2.33. The van der Waals surface area contributed by atoms with Crippen LogP contribution in [0.3, 0.4) is 0 Å². The summed E-state index contributed by atoms with van der Waals surface area (Å²) in [6, 6.07) is 6.80. The van der Waals surface area contributed by atoms with Gasteiger partial charge < -0.3 is 5.11 Å². The van der Waals surface area contributed by atoms with Crippen LogP contribution in [0.4, 0.5) is 13.2 Å². The van der Waals surface area contributed by atoms with Gasteiger partial charge in [-0.05, 0) is 6.07 Å². The average Bonchev–Trinajstić information content (AvgIpc) is 2.96. The van der Waals surface area contributed by atoms with Gasteiger partial charge in [-0.1, -0.05) is 36.4 Å². The molecule has 1 aliphatic heterocycles. The third kappa shape index (κ3) is 2.37. The fourth-order valence-corrected chi connectivity index (χ4v) is 3.81. The van der Waals surface area contributed by atoms with E-state index in [1.165, 1.54) is 0 Å². The zero-order chi connectivity index (χ0) is 17.0. The zero-order valence-corrected chi connectivity index (χ0v) is 13.0. The second kappa shape index (κ2) is 5.12. The number of benzene rings is 1. The summed E-state index contributed by atoms with van der Waals surface area (Å²) in [6.45, 7) is 3.36. The fraction of sp³-hybridized carbons (Fsp3) is 0.214. The van der Waals surface area contributed by atoms with Gasteiger partial charge in [0.2, 0.25) is 0 Å². The Hall–Kier alpha value is -1.77. The van der Waals surface area contributed by atoms with Crippen molar-refractivity contribution in [2.24, 2.45) is 0 Å².